The number of anilines is 1. The van der Waals surface area contributed by atoms with Gasteiger partial charge in [0.2, 0.25) is 10.0 Å². The molecule has 0 saturated heterocycles. The van der Waals surface area contributed by atoms with Gasteiger partial charge in [-0.15, -0.1) is 0 Å². The summed E-state index contributed by atoms with van der Waals surface area (Å²) in [6.45, 7) is 0. The lowest BCUT2D eigenvalue weighted by Crippen LogP contribution is -2.14. The van der Waals surface area contributed by atoms with Crippen molar-refractivity contribution in [2.45, 2.75) is 9.79 Å². The summed E-state index contributed by atoms with van der Waals surface area (Å²) in [6.07, 6.45) is 0. The molecule has 2 aromatic carbocycles. The molecule has 0 amide bonds. The first-order valence-electron chi connectivity index (χ1n) is 6.54. The third-order valence-electron chi connectivity index (χ3n) is 3.20. The van der Waals surface area contributed by atoms with E-state index < -0.39 is 25.8 Å². The zero-order valence-corrected chi connectivity index (χ0v) is 14.6. The van der Waals surface area contributed by atoms with Crippen molar-refractivity contribution in [2.75, 3.05) is 4.72 Å². The molecule has 0 aliphatic heterocycles. The van der Waals surface area contributed by atoms with Gasteiger partial charge in [-0.25, -0.2) is 26.8 Å². The average molecular weight is 404 g/mol. The minimum absolute atomic E-state index is 0.0272. The van der Waals surface area contributed by atoms with E-state index in [2.05, 4.69) is 9.71 Å². The fourth-order valence-electron chi connectivity index (χ4n) is 2.08. The van der Waals surface area contributed by atoms with E-state index in [9.17, 15) is 21.6 Å². The molecule has 3 aromatic rings. The van der Waals surface area contributed by atoms with Crippen LogP contribution in [-0.4, -0.2) is 21.8 Å². The number of hydrogen-bond donors (Lipinski definition) is 3. The molecule has 9 nitrogen and oxygen atoms in total. The van der Waals surface area contributed by atoms with Crippen molar-refractivity contribution in [1.82, 2.24) is 4.98 Å². The van der Waals surface area contributed by atoms with E-state index >= 15 is 0 Å². The van der Waals surface area contributed by atoms with Crippen LogP contribution < -0.4 is 15.6 Å². The van der Waals surface area contributed by atoms with Crippen LogP contribution in [0.2, 0.25) is 5.02 Å². The zero-order chi connectivity index (χ0) is 18.4. The summed E-state index contributed by atoms with van der Waals surface area (Å²) in [5.41, 5.74) is 0.380. The van der Waals surface area contributed by atoms with Crippen LogP contribution in [0.25, 0.3) is 11.1 Å². The number of fused-ring (bicyclic) bond motifs is 1. The second-order valence-electron chi connectivity index (χ2n) is 4.97. The Bertz CT molecular complexity index is 1230. The summed E-state index contributed by atoms with van der Waals surface area (Å²) in [5.74, 6) is -0.743. The quantitative estimate of drug-likeness (QED) is 0.595. The number of oxazole rings is 1. The van der Waals surface area contributed by atoms with Gasteiger partial charge in [-0.2, -0.15) is 0 Å². The monoisotopic (exact) mass is 403 g/mol. The molecule has 25 heavy (non-hydrogen) atoms. The third kappa shape index (κ3) is 3.54. The summed E-state index contributed by atoms with van der Waals surface area (Å²) in [5, 5.41) is 4.85. The predicted molar refractivity (Wildman–Crippen MR) is 90.5 cm³/mol. The van der Waals surface area contributed by atoms with E-state index in [-0.39, 0.29) is 31.6 Å². The molecule has 0 fully saturated rings. The Morgan fingerprint density at radius 2 is 1.72 bits per heavy atom. The highest BCUT2D eigenvalue weighted by molar-refractivity contribution is 7.92. The Hall–Kier alpha value is -2.34. The smallest absolute Gasteiger partial charge is 0.408 e. The van der Waals surface area contributed by atoms with Crippen LogP contribution in [0, 0.1) is 0 Å². The van der Waals surface area contributed by atoms with Crippen molar-refractivity contribution in [1.29, 1.82) is 0 Å². The first-order valence-corrected chi connectivity index (χ1v) is 9.95. The van der Waals surface area contributed by atoms with Crippen LogP contribution in [0.1, 0.15) is 0 Å². The number of rotatable bonds is 4. The summed E-state index contributed by atoms with van der Waals surface area (Å²) in [6, 6.07) is 7.14. The fourth-order valence-corrected chi connectivity index (χ4v) is 4.20. The molecular formula is C13H10ClN3O6S2. The molecule has 0 spiro atoms. The summed E-state index contributed by atoms with van der Waals surface area (Å²) >= 11 is 5.97. The largest absolute Gasteiger partial charge is 0.417 e. The summed E-state index contributed by atoms with van der Waals surface area (Å²) in [4.78, 5) is 13.1. The van der Waals surface area contributed by atoms with Gasteiger partial charge < -0.3 is 4.42 Å². The molecule has 0 radical (unpaired) electrons. The molecule has 0 saturated carbocycles. The Morgan fingerprint density at radius 3 is 2.32 bits per heavy atom. The van der Waals surface area contributed by atoms with E-state index in [4.69, 9.17) is 21.2 Å². The minimum Gasteiger partial charge on any atom is -0.408 e. The number of nitrogens with one attached hydrogen (secondary N) is 2. The van der Waals surface area contributed by atoms with E-state index in [0.717, 1.165) is 18.2 Å². The number of aromatic amines is 1. The number of benzene rings is 2. The number of primary sulfonamides is 1. The van der Waals surface area contributed by atoms with Crippen LogP contribution in [-0.2, 0) is 20.0 Å². The number of halogens is 1. The molecule has 1 heterocycles. The normalized spacial score (nSPS) is 12.4. The van der Waals surface area contributed by atoms with Gasteiger partial charge in [-0.3, -0.25) is 9.71 Å². The highest BCUT2D eigenvalue weighted by Gasteiger charge is 2.21. The van der Waals surface area contributed by atoms with Crippen LogP contribution in [0.4, 0.5) is 5.69 Å². The van der Waals surface area contributed by atoms with Crippen molar-refractivity contribution in [3.63, 3.8) is 0 Å². The topological polar surface area (TPSA) is 152 Å². The van der Waals surface area contributed by atoms with Crippen molar-refractivity contribution in [3.8, 4) is 0 Å². The number of hydrogen-bond acceptors (Lipinski definition) is 6. The lowest BCUT2D eigenvalue weighted by molar-refractivity contribution is 0.554. The number of aromatic nitrogens is 1. The van der Waals surface area contributed by atoms with E-state index in [1.807, 2.05) is 0 Å². The molecule has 0 atom stereocenters. The van der Waals surface area contributed by atoms with Crippen molar-refractivity contribution < 1.29 is 21.3 Å². The minimum atomic E-state index is -4.11. The van der Waals surface area contributed by atoms with E-state index in [1.54, 1.807) is 0 Å². The maximum Gasteiger partial charge on any atom is 0.417 e. The van der Waals surface area contributed by atoms with Crippen LogP contribution in [0.15, 0.2) is 55.4 Å². The lowest BCUT2D eigenvalue weighted by Gasteiger charge is -2.10. The van der Waals surface area contributed by atoms with Gasteiger partial charge in [-0.05, 0) is 30.3 Å². The Balaban J connectivity index is 1.99. The highest BCUT2D eigenvalue weighted by atomic mass is 35.5. The van der Waals surface area contributed by atoms with Crippen LogP contribution in [0.3, 0.4) is 0 Å². The lowest BCUT2D eigenvalue weighted by atomic mass is 10.3. The highest BCUT2D eigenvalue weighted by Crippen LogP contribution is 2.28. The first kappa shape index (κ1) is 17.5. The summed E-state index contributed by atoms with van der Waals surface area (Å²) in [7, 11) is -8.00. The number of nitrogens with two attached hydrogens (primary N) is 1. The molecule has 1 aromatic heterocycles. The molecule has 4 N–H and O–H groups in total. The van der Waals surface area contributed by atoms with Crippen molar-refractivity contribution >= 4 is 48.4 Å². The van der Waals surface area contributed by atoms with Gasteiger partial charge in [0.05, 0.1) is 15.4 Å². The van der Waals surface area contributed by atoms with Crippen molar-refractivity contribution in [3.05, 3.63) is 52.0 Å². The number of sulfonamides is 2. The standard InChI is InChI=1S/C13H10ClN3O6S2/c14-9-5-10-11(23-13(18)16-10)6-12(9)25(21,22)17-7-1-3-8(4-2-7)24(15,19)20/h1-6,17H,(H,16,18)(H2,15,19,20). The predicted octanol–water partition coefficient (Wildman–Crippen LogP) is 1.22. The molecule has 0 aliphatic carbocycles. The third-order valence-corrected chi connectivity index (χ3v) is 5.97. The second-order valence-corrected chi connectivity index (χ2v) is 8.59. The summed E-state index contributed by atoms with van der Waals surface area (Å²) < 4.78 is 54.4. The molecular weight excluding hydrogens is 394 g/mol. The van der Waals surface area contributed by atoms with Gasteiger partial charge in [0.1, 0.15) is 4.90 Å². The molecule has 12 heteroatoms. The first-order chi connectivity index (χ1) is 11.6. The molecule has 0 unspecified atom stereocenters. The SMILES string of the molecule is NS(=O)(=O)c1ccc(NS(=O)(=O)c2cc3oc(=O)[nH]c3cc2Cl)cc1. The van der Waals surface area contributed by atoms with Gasteiger partial charge >= 0.3 is 5.76 Å². The van der Waals surface area contributed by atoms with Crippen molar-refractivity contribution in [2.24, 2.45) is 5.14 Å². The zero-order valence-electron chi connectivity index (χ0n) is 12.2. The second kappa shape index (κ2) is 5.88. The van der Waals surface area contributed by atoms with Gasteiger partial charge in [-0.1, -0.05) is 11.6 Å². The Morgan fingerprint density at radius 1 is 1.08 bits per heavy atom. The van der Waals surface area contributed by atoms with Gasteiger partial charge in [0, 0.05) is 11.8 Å². The maximum absolute atomic E-state index is 12.5. The van der Waals surface area contributed by atoms with Gasteiger partial charge in [0.15, 0.2) is 5.58 Å². The molecule has 3 rings (SSSR count). The van der Waals surface area contributed by atoms with Gasteiger partial charge in [0.25, 0.3) is 10.0 Å². The Labute approximate surface area is 146 Å². The molecule has 0 aliphatic rings. The molecule has 132 valence electrons. The maximum atomic E-state index is 12.5. The van der Waals surface area contributed by atoms with E-state index in [1.165, 1.54) is 18.2 Å². The average Bonchev–Trinajstić information content (AvgIpc) is 2.84. The Kier molecular flexibility index (Phi) is 4.11. The number of H-pyrrole nitrogens is 1. The van der Waals surface area contributed by atoms with E-state index in [0.29, 0.717) is 0 Å². The van der Waals surface area contributed by atoms with Crippen LogP contribution >= 0.6 is 11.6 Å². The van der Waals surface area contributed by atoms with Crippen LogP contribution in [0.5, 0.6) is 0 Å². The molecule has 0 bridgehead atoms. The fraction of sp³-hybridized carbons (Fsp3) is 0.